The van der Waals surface area contributed by atoms with Gasteiger partial charge in [-0.2, -0.15) is 5.10 Å². The number of aryl methyl sites for hydroxylation is 1. The summed E-state index contributed by atoms with van der Waals surface area (Å²) < 4.78 is 6.15. The molecule has 1 aromatic rings. The van der Waals surface area contributed by atoms with Crippen LogP contribution in [0.4, 0.5) is 0 Å². The Morgan fingerprint density at radius 1 is 1.85 bits per heavy atom. The summed E-state index contributed by atoms with van der Waals surface area (Å²) >= 11 is 0. The number of nitrogens with two attached hydrogens (primary N) is 1. The lowest BCUT2D eigenvalue weighted by Crippen LogP contribution is -2.24. The Balaban J connectivity index is 2.99. The van der Waals surface area contributed by atoms with Crippen LogP contribution in [-0.2, 0) is 18.3 Å². The number of nitrogens with one attached hydrogen (secondary N) is 1. The molecule has 3 N–H and O–H groups in total. The molecule has 13 heavy (non-hydrogen) atoms. The summed E-state index contributed by atoms with van der Waals surface area (Å²) in [5.74, 6) is 4.75. The quantitative estimate of drug-likeness (QED) is 0.364. The normalized spacial score (nSPS) is 10.1. The molecule has 72 valence electrons. The summed E-state index contributed by atoms with van der Waals surface area (Å²) in [6.45, 7) is 0.376. The molecule has 0 aliphatic rings. The molecule has 0 fully saturated rings. The fourth-order valence-electron chi connectivity index (χ4n) is 1.05. The van der Waals surface area contributed by atoms with Gasteiger partial charge in [0.05, 0.1) is 25.5 Å². The van der Waals surface area contributed by atoms with Crippen molar-refractivity contribution < 1.29 is 9.53 Å². The van der Waals surface area contributed by atoms with Crippen LogP contribution < -0.4 is 11.3 Å². The number of hydrogen-bond donors (Lipinski definition) is 2. The van der Waals surface area contributed by atoms with Crippen molar-refractivity contribution in [2.75, 3.05) is 7.11 Å². The van der Waals surface area contributed by atoms with Gasteiger partial charge in [-0.15, -0.1) is 0 Å². The van der Waals surface area contributed by atoms with Crippen LogP contribution in [0.2, 0.25) is 0 Å². The Morgan fingerprint density at radius 2 is 2.54 bits per heavy atom. The second-order valence-corrected chi connectivity index (χ2v) is 2.50. The van der Waals surface area contributed by atoms with Gasteiger partial charge in [0.25, 0.3) is 0 Å². The molecule has 1 heterocycles. The number of ether oxygens (including phenoxy) is 1. The second kappa shape index (κ2) is 4.01. The van der Waals surface area contributed by atoms with E-state index in [9.17, 15) is 4.79 Å². The number of methoxy groups -OCH3 is 1. The Kier molecular flexibility index (Phi) is 2.99. The van der Waals surface area contributed by atoms with Gasteiger partial charge in [0.1, 0.15) is 5.56 Å². The van der Waals surface area contributed by atoms with Crippen LogP contribution in [0.3, 0.4) is 0 Å². The molecule has 6 nitrogen and oxygen atoms in total. The van der Waals surface area contributed by atoms with E-state index < -0.39 is 5.97 Å². The smallest absolute Gasteiger partial charge is 0.341 e. The van der Waals surface area contributed by atoms with Gasteiger partial charge in [-0.05, 0) is 0 Å². The van der Waals surface area contributed by atoms with Gasteiger partial charge in [0.2, 0.25) is 0 Å². The van der Waals surface area contributed by atoms with Crippen LogP contribution in [0.1, 0.15) is 16.1 Å². The van der Waals surface area contributed by atoms with E-state index in [0.29, 0.717) is 17.8 Å². The summed E-state index contributed by atoms with van der Waals surface area (Å²) in [4.78, 5) is 11.2. The van der Waals surface area contributed by atoms with Crippen LogP contribution in [0.25, 0.3) is 0 Å². The van der Waals surface area contributed by atoms with Crippen LogP contribution in [0.15, 0.2) is 6.20 Å². The maximum atomic E-state index is 11.2. The molecule has 0 atom stereocenters. The number of carbonyl (C=O) groups is 1. The molecule has 6 heteroatoms. The molecule has 1 aromatic heterocycles. The molecular formula is C7H12N4O2. The summed E-state index contributed by atoms with van der Waals surface area (Å²) in [6, 6.07) is 0. The molecule has 0 saturated carbocycles. The number of esters is 1. The Labute approximate surface area is 75.6 Å². The van der Waals surface area contributed by atoms with E-state index in [1.54, 1.807) is 11.7 Å². The highest BCUT2D eigenvalue weighted by Crippen LogP contribution is 2.07. The van der Waals surface area contributed by atoms with Crippen LogP contribution >= 0.6 is 0 Å². The zero-order chi connectivity index (χ0) is 9.84. The van der Waals surface area contributed by atoms with Gasteiger partial charge in [0, 0.05) is 7.05 Å². The largest absolute Gasteiger partial charge is 0.465 e. The van der Waals surface area contributed by atoms with Gasteiger partial charge in [-0.3, -0.25) is 16.0 Å². The fraction of sp³-hybridized carbons (Fsp3) is 0.429. The van der Waals surface area contributed by atoms with E-state index >= 15 is 0 Å². The molecule has 1 rings (SSSR count). The van der Waals surface area contributed by atoms with Crippen molar-refractivity contribution >= 4 is 5.97 Å². The van der Waals surface area contributed by atoms with E-state index in [1.807, 2.05) is 0 Å². The number of aromatic nitrogens is 2. The first-order chi connectivity index (χ1) is 6.20. The Morgan fingerprint density at radius 3 is 3.08 bits per heavy atom. The third kappa shape index (κ3) is 1.85. The van der Waals surface area contributed by atoms with E-state index in [4.69, 9.17) is 5.84 Å². The molecule has 0 unspecified atom stereocenters. The maximum Gasteiger partial charge on any atom is 0.341 e. The van der Waals surface area contributed by atoms with Gasteiger partial charge >= 0.3 is 5.97 Å². The SMILES string of the molecule is COC(=O)c1cnn(C)c1CNN. The fourth-order valence-corrected chi connectivity index (χ4v) is 1.05. The lowest BCUT2D eigenvalue weighted by molar-refractivity contribution is 0.0599. The Hall–Kier alpha value is -1.40. The van der Waals surface area contributed by atoms with E-state index in [0.717, 1.165) is 0 Å². The van der Waals surface area contributed by atoms with Crippen molar-refractivity contribution in [2.45, 2.75) is 6.54 Å². The maximum absolute atomic E-state index is 11.2. The minimum absolute atomic E-state index is 0.376. The number of hydrogen-bond acceptors (Lipinski definition) is 5. The van der Waals surface area contributed by atoms with Crippen molar-refractivity contribution in [1.82, 2.24) is 15.2 Å². The molecule has 0 bridgehead atoms. The van der Waals surface area contributed by atoms with Crippen molar-refractivity contribution in [3.05, 3.63) is 17.5 Å². The summed E-state index contributed by atoms with van der Waals surface area (Å²) in [5, 5.41) is 3.92. The van der Waals surface area contributed by atoms with Crippen molar-refractivity contribution in [3.8, 4) is 0 Å². The molecule has 0 amide bonds. The highest BCUT2D eigenvalue weighted by Gasteiger charge is 2.15. The monoisotopic (exact) mass is 184 g/mol. The second-order valence-electron chi connectivity index (χ2n) is 2.50. The molecule has 0 spiro atoms. The number of rotatable bonds is 3. The average Bonchev–Trinajstić information content (AvgIpc) is 2.48. The van der Waals surface area contributed by atoms with Gasteiger partial charge in [-0.1, -0.05) is 0 Å². The predicted molar refractivity (Wildman–Crippen MR) is 45.6 cm³/mol. The summed E-state index contributed by atoms with van der Waals surface area (Å²) in [7, 11) is 3.06. The zero-order valence-electron chi connectivity index (χ0n) is 7.57. The number of hydrazine groups is 1. The van der Waals surface area contributed by atoms with Crippen LogP contribution in [0.5, 0.6) is 0 Å². The summed E-state index contributed by atoms with van der Waals surface area (Å²) in [5.41, 5.74) is 3.60. The third-order valence-electron chi connectivity index (χ3n) is 1.74. The first-order valence-electron chi connectivity index (χ1n) is 3.73. The molecule has 0 saturated heterocycles. The molecule has 0 aromatic carbocycles. The minimum atomic E-state index is -0.404. The van der Waals surface area contributed by atoms with Gasteiger partial charge in [0.15, 0.2) is 0 Å². The van der Waals surface area contributed by atoms with Gasteiger partial charge < -0.3 is 4.74 Å². The topological polar surface area (TPSA) is 82.2 Å². The van der Waals surface area contributed by atoms with Crippen molar-refractivity contribution in [2.24, 2.45) is 12.9 Å². The summed E-state index contributed by atoms with van der Waals surface area (Å²) in [6.07, 6.45) is 1.46. The lowest BCUT2D eigenvalue weighted by atomic mass is 10.2. The predicted octanol–water partition coefficient (Wildman–Crippen LogP) is -0.830. The first-order valence-corrected chi connectivity index (χ1v) is 3.73. The van der Waals surface area contributed by atoms with E-state index in [-0.39, 0.29) is 0 Å². The average molecular weight is 184 g/mol. The molecule has 0 aliphatic heterocycles. The highest BCUT2D eigenvalue weighted by molar-refractivity contribution is 5.90. The highest BCUT2D eigenvalue weighted by atomic mass is 16.5. The van der Waals surface area contributed by atoms with Crippen molar-refractivity contribution in [3.63, 3.8) is 0 Å². The number of nitrogens with zero attached hydrogens (tertiary/aromatic N) is 2. The number of carbonyl (C=O) groups excluding carboxylic acids is 1. The zero-order valence-corrected chi connectivity index (χ0v) is 7.57. The Bertz CT molecular complexity index is 307. The first kappa shape index (κ1) is 9.69. The molecule has 0 aliphatic carbocycles. The van der Waals surface area contributed by atoms with E-state index in [2.05, 4.69) is 15.3 Å². The van der Waals surface area contributed by atoms with Crippen LogP contribution in [0, 0.1) is 0 Å². The standard InChI is InChI=1S/C7H12N4O2/c1-11-6(4-9-8)5(3-10-11)7(12)13-2/h3,9H,4,8H2,1-2H3. The third-order valence-corrected chi connectivity index (χ3v) is 1.74. The van der Waals surface area contributed by atoms with Crippen molar-refractivity contribution in [1.29, 1.82) is 0 Å². The minimum Gasteiger partial charge on any atom is -0.465 e. The molecule has 0 radical (unpaired) electrons. The van der Waals surface area contributed by atoms with Crippen LogP contribution in [-0.4, -0.2) is 22.9 Å². The van der Waals surface area contributed by atoms with Gasteiger partial charge in [-0.25, -0.2) is 4.79 Å². The molecular weight excluding hydrogens is 172 g/mol. The van der Waals surface area contributed by atoms with E-state index in [1.165, 1.54) is 13.3 Å². The lowest BCUT2D eigenvalue weighted by Gasteiger charge is -2.03.